The molecule has 2 aromatic rings. The van der Waals surface area contributed by atoms with Gasteiger partial charge in [0.25, 0.3) is 0 Å². The molecule has 1 aromatic carbocycles. The van der Waals surface area contributed by atoms with Crippen LogP contribution in [0.15, 0.2) is 23.6 Å². The van der Waals surface area contributed by atoms with Crippen molar-refractivity contribution < 1.29 is 28.5 Å². The lowest BCUT2D eigenvalue weighted by Gasteiger charge is -2.14. The van der Waals surface area contributed by atoms with Crippen LogP contribution in [0, 0.1) is 0 Å². The number of hydrogen-bond acceptors (Lipinski definition) is 7. The van der Waals surface area contributed by atoms with Gasteiger partial charge < -0.3 is 24.3 Å². The molecule has 0 aliphatic carbocycles. The minimum absolute atomic E-state index is 0.0766. The molecule has 1 aromatic heterocycles. The van der Waals surface area contributed by atoms with E-state index in [9.17, 15) is 9.59 Å². The van der Waals surface area contributed by atoms with E-state index in [2.05, 4.69) is 5.32 Å². The molecular formula is C17H19NO6S. The van der Waals surface area contributed by atoms with E-state index in [0.29, 0.717) is 33.4 Å². The topological polar surface area (TPSA) is 83.1 Å². The van der Waals surface area contributed by atoms with Crippen LogP contribution in [0.5, 0.6) is 17.2 Å². The van der Waals surface area contributed by atoms with Gasteiger partial charge in [-0.15, -0.1) is 11.3 Å². The van der Waals surface area contributed by atoms with Crippen LogP contribution in [0.2, 0.25) is 0 Å². The van der Waals surface area contributed by atoms with E-state index >= 15 is 0 Å². The molecule has 134 valence electrons. The van der Waals surface area contributed by atoms with Crippen molar-refractivity contribution in [1.29, 1.82) is 0 Å². The van der Waals surface area contributed by atoms with Gasteiger partial charge in [0.2, 0.25) is 11.7 Å². The number of ether oxygens (including phenoxy) is 4. The van der Waals surface area contributed by atoms with E-state index in [-0.39, 0.29) is 12.3 Å². The molecule has 2 rings (SSSR count). The highest BCUT2D eigenvalue weighted by molar-refractivity contribution is 7.12. The smallest absolute Gasteiger partial charge is 0.350 e. The van der Waals surface area contributed by atoms with Crippen molar-refractivity contribution in [2.45, 2.75) is 6.42 Å². The van der Waals surface area contributed by atoms with Gasteiger partial charge in [-0.05, 0) is 29.1 Å². The van der Waals surface area contributed by atoms with Crippen molar-refractivity contribution in [3.05, 3.63) is 34.0 Å². The summed E-state index contributed by atoms with van der Waals surface area (Å²) in [6, 6.07) is 5.07. The Hall–Kier alpha value is -2.74. The molecule has 0 atom stereocenters. The van der Waals surface area contributed by atoms with E-state index in [1.165, 1.54) is 39.8 Å². The van der Waals surface area contributed by atoms with Gasteiger partial charge in [-0.3, -0.25) is 4.79 Å². The molecule has 25 heavy (non-hydrogen) atoms. The fourth-order valence-corrected chi connectivity index (χ4v) is 3.04. The Bertz CT molecular complexity index is 745. The first-order chi connectivity index (χ1) is 12.0. The molecule has 0 saturated carbocycles. The first-order valence-corrected chi connectivity index (χ1v) is 8.16. The summed E-state index contributed by atoms with van der Waals surface area (Å²) in [5, 5.41) is 4.43. The molecule has 1 amide bonds. The Balaban J connectivity index is 2.18. The lowest BCUT2D eigenvalue weighted by atomic mass is 10.1. The number of rotatable bonds is 7. The van der Waals surface area contributed by atoms with Gasteiger partial charge in [0.1, 0.15) is 4.88 Å². The van der Waals surface area contributed by atoms with Gasteiger partial charge in [-0.25, -0.2) is 4.79 Å². The zero-order valence-corrected chi connectivity index (χ0v) is 15.2. The maximum Gasteiger partial charge on any atom is 0.350 e. The number of benzene rings is 1. The van der Waals surface area contributed by atoms with Crippen molar-refractivity contribution in [2.24, 2.45) is 0 Å². The fourth-order valence-electron chi connectivity index (χ4n) is 2.28. The second-order valence-electron chi connectivity index (χ2n) is 4.91. The van der Waals surface area contributed by atoms with Crippen LogP contribution < -0.4 is 19.5 Å². The van der Waals surface area contributed by atoms with Gasteiger partial charge in [-0.2, -0.15) is 0 Å². The molecule has 0 fully saturated rings. The third-order valence-electron chi connectivity index (χ3n) is 3.40. The van der Waals surface area contributed by atoms with Crippen molar-refractivity contribution in [3.8, 4) is 17.2 Å². The van der Waals surface area contributed by atoms with E-state index in [1.807, 2.05) is 0 Å². The minimum Gasteiger partial charge on any atom is -0.493 e. The van der Waals surface area contributed by atoms with Crippen LogP contribution in [0.3, 0.4) is 0 Å². The Morgan fingerprint density at radius 1 is 1.04 bits per heavy atom. The lowest BCUT2D eigenvalue weighted by Crippen LogP contribution is -2.16. The molecule has 0 unspecified atom stereocenters. The number of carbonyl (C=O) groups excluding carboxylic acids is 2. The van der Waals surface area contributed by atoms with E-state index in [1.54, 1.807) is 23.6 Å². The summed E-state index contributed by atoms with van der Waals surface area (Å²) in [7, 11) is 5.82. The first kappa shape index (κ1) is 18.6. The summed E-state index contributed by atoms with van der Waals surface area (Å²) in [6.07, 6.45) is 0.0766. The van der Waals surface area contributed by atoms with Gasteiger partial charge in [0.05, 0.1) is 40.5 Å². The van der Waals surface area contributed by atoms with Crippen LogP contribution in [0.4, 0.5) is 5.69 Å². The lowest BCUT2D eigenvalue weighted by molar-refractivity contribution is -0.115. The monoisotopic (exact) mass is 365 g/mol. The molecule has 0 spiro atoms. The predicted molar refractivity (Wildman–Crippen MR) is 94.1 cm³/mol. The molecule has 1 heterocycles. The third-order valence-corrected chi connectivity index (χ3v) is 4.29. The number of nitrogens with one attached hydrogen (secondary N) is 1. The average molecular weight is 365 g/mol. The summed E-state index contributed by atoms with van der Waals surface area (Å²) in [5.74, 6) is 0.627. The second-order valence-corrected chi connectivity index (χ2v) is 5.83. The Labute approximate surface area is 149 Å². The van der Waals surface area contributed by atoms with Gasteiger partial charge in [-0.1, -0.05) is 0 Å². The zero-order chi connectivity index (χ0) is 18.4. The van der Waals surface area contributed by atoms with Crippen LogP contribution in [0.25, 0.3) is 0 Å². The molecular weight excluding hydrogens is 346 g/mol. The van der Waals surface area contributed by atoms with Crippen LogP contribution in [-0.2, 0) is 16.0 Å². The van der Waals surface area contributed by atoms with E-state index < -0.39 is 5.97 Å². The Kier molecular flexibility index (Phi) is 6.24. The molecule has 8 heteroatoms. The number of methoxy groups -OCH3 is 4. The molecule has 0 saturated heterocycles. The number of amides is 1. The average Bonchev–Trinajstić information content (AvgIpc) is 3.07. The normalized spacial score (nSPS) is 10.1. The molecule has 0 radical (unpaired) electrons. The molecule has 0 aliphatic heterocycles. The van der Waals surface area contributed by atoms with Crippen molar-refractivity contribution >= 4 is 28.9 Å². The summed E-state index contributed by atoms with van der Waals surface area (Å²) >= 11 is 1.20. The maximum atomic E-state index is 12.3. The SMILES string of the molecule is COC(=O)c1sccc1NC(=O)Cc1cc(OC)c(OC)c(OC)c1. The highest BCUT2D eigenvalue weighted by atomic mass is 32.1. The number of thiophene rings is 1. The fraction of sp³-hybridized carbons (Fsp3) is 0.294. The van der Waals surface area contributed by atoms with Crippen molar-refractivity contribution in [2.75, 3.05) is 33.8 Å². The highest BCUT2D eigenvalue weighted by Crippen LogP contribution is 2.38. The van der Waals surface area contributed by atoms with Gasteiger partial charge in [0.15, 0.2) is 11.5 Å². The summed E-state index contributed by atoms with van der Waals surface area (Å²) in [5.41, 5.74) is 1.11. The Morgan fingerprint density at radius 3 is 2.20 bits per heavy atom. The van der Waals surface area contributed by atoms with Gasteiger partial charge >= 0.3 is 5.97 Å². The molecule has 0 bridgehead atoms. The standard InChI is InChI=1S/C17H19NO6S/c1-21-12-7-10(8-13(22-2)15(12)23-3)9-14(19)18-11-5-6-25-16(11)17(20)24-4/h5-8H,9H2,1-4H3,(H,18,19). The third kappa shape index (κ3) is 4.21. The second kappa shape index (κ2) is 8.39. The number of hydrogen-bond donors (Lipinski definition) is 1. The number of carbonyl (C=O) groups is 2. The van der Waals surface area contributed by atoms with Crippen molar-refractivity contribution in [3.63, 3.8) is 0 Å². The summed E-state index contributed by atoms with van der Waals surface area (Å²) in [4.78, 5) is 24.3. The van der Waals surface area contributed by atoms with E-state index in [0.717, 1.165) is 0 Å². The molecule has 1 N–H and O–H groups in total. The number of esters is 1. The van der Waals surface area contributed by atoms with Crippen LogP contribution in [0.1, 0.15) is 15.2 Å². The van der Waals surface area contributed by atoms with E-state index in [4.69, 9.17) is 18.9 Å². The minimum atomic E-state index is -0.488. The largest absolute Gasteiger partial charge is 0.493 e. The van der Waals surface area contributed by atoms with Crippen molar-refractivity contribution in [1.82, 2.24) is 0 Å². The molecule has 0 aliphatic rings. The molecule has 7 nitrogen and oxygen atoms in total. The quantitative estimate of drug-likeness (QED) is 0.760. The summed E-state index contributed by atoms with van der Waals surface area (Å²) in [6.45, 7) is 0. The Morgan fingerprint density at radius 2 is 1.68 bits per heavy atom. The van der Waals surface area contributed by atoms with Crippen LogP contribution in [-0.4, -0.2) is 40.3 Å². The highest BCUT2D eigenvalue weighted by Gasteiger charge is 2.18. The van der Waals surface area contributed by atoms with Gasteiger partial charge in [0, 0.05) is 0 Å². The summed E-state index contributed by atoms with van der Waals surface area (Å²) < 4.78 is 20.5. The first-order valence-electron chi connectivity index (χ1n) is 7.28. The maximum absolute atomic E-state index is 12.3. The van der Waals surface area contributed by atoms with Crippen LogP contribution >= 0.6 is 11.3 Å². The zero-order valence-electron chi connectivity index (χ0n) is 14.4. The number of anilines is 1. The predicted octanol–water partition coefficient (Wildman–Crippen LogP) is 2.74.